The van der Waals surface area contributed by atoms with Crippen LogP contribution < -0.4 is 10.0 Å². The molecule has 1 fully saturated rings. The topological polar surface area (TPSA) is 58.2 Å². The van der Waals surface area contributed by atoms with E-state index < -0.39 is 10.0 Å². The normalized spacial score (nSPS) is 21.4. The molecule has 0 heterocycles. The van der Waals surface area contributed by atoms with Crippen molar-refractivity contribution in [2.75, 3.05) is 11.9 Å². The summed E-state index contributed by atoms with van der Waals surface area (Å²) in [5, 5.41) is 3.33. The highest BCUT2D eigenvalue weighted by molar-refractivity contribution is 7.90. The number of rotatable bonds is 6. The first-order chi connectivity index (χ1) is 13.4. The lowest BCUT2D eigenvalue weighted by molar-refractivity contribution is 0.323. The molecular formula is C23H30N2O2S. The van der Waals surface area contributed by atoms with Gasteiger partial charge in [-0.2, -0.15) is 0 Å². The number of anilines is 1. The lowest BCUT2D eigenvalue weighted by Gasteiger charge is -2.30. The van der Waals surface area contributed by atoms with Crippen LogP contribution in [0.15, 0.2) is 42.5 Å². The van der Waals surface area contributed by atoms with Gasteiger partial charge in [-0.3, -0.25) is 0 Å². The summed E-state index contributed by atoms with van der Waals surface area (Å²) in [5.41, 5.74) is 6.77. The molecule has 2 aliphatic carbocycles. The molecule has 0 unspecified atom stereocenters. The number of hydrogen-bond acceptors (Lipinski definition) is 3. The zero-order valence-corrected chi connectivity index (χ0v) is 17.6. The number of sulfonamides is 1. The standard InChI is InChI=1S/C23H30N2O2S/c1-16(2)28(26,27)25-19-12-10-17(11-13-19)15-24-23-9-5-8-21-20-7-4-3-6-18(20)14-22(21)23/h3-9,16-17,19,24-25H,10-15H2,1-2H3. The molecule has 0 bridgehead atoms. The van der Waals surface area contributed by atoms with E-state index in [2.05, 4.69) is 52.5 Å². The van der Waals surface area contributed by atoms with Crippen LogP contribution in [-0.2, 0) is 16.4 Å². The smallest absolute Gasteiger partial charge is 0.214 e. The third-order valence-electron chi connectivity index (χ3n) is 6.23. The quantitative estimate of drug-likeness (QED) is 0.640. The van der Waals surface area contributed by atoms with Crippen LogP contribution in [0.4, 0.5) is 5.69 Å². The van der Waals surface area contributed by atoms with Crippen molar-refractivity contribution in [2.45, 2.75) is 57.2 Å². The molecule has 0 aromatic heterocycles. The van der Waals surface area contributed by atoms with Crippen LogP contribution in [-0.4, -0.2) is 26.3 Å². The maximum atomic E-state index is 12.1. The minimum absolute atomic E-state index is 0.0964. The molecule has 1 saturated carbocycles. The van der Waals surface area contributed by atoms with Gasteiger partial charge in [0.25, 0.3) is 0 Å². The Morgan fingerprint density at radius 3 is 2.43 bits per heavy atom. The second-order valence-corrected chi connectivity index (χ2v) is 10.7. The summed E-state index contributed by atoms with van der Waals surface area (Å²) < 4.78 is 27.0. The predicted octanol–water partition coefficient (Wildman–Crippen LogP) is 4.56. The summed E-state index contributed by atoms with van der Waals surface area (Å²) in [6, 6.07) is 15.3. The van der Waals surface area contributed by atoms with E-state index in [1.807, 2.05) is 0 Å². The van der Waals surface area contributed by atoms with Gasteiger partial charge < -0.3 is 5.32 Å². The van der Waals surface area contributed by atoms with Gasteiger partial charge >= 0.3 is 0 Å². The van der Waals surface area contributed by atoms with Crippen LogP contribution in [0.5, 0.6) is 0 Å². The Morgan fingerprint density at radius 2 is 1.68 bits per heavy atom. The van der Waals surface area contributed by atoms with Crippen LogP contribution in [0.25, 0.3) is 11.1 Å². The van der Waals surface area contributed by atoms with Crippen molar-refractivity contribution < 1.29 is 8.42 Å². The monoisotopic (exact) mass is 398 g/mol. The van der Waals surface area contributed by atoms with Crippen molar-refractivity contribution in [1.82, 2.24) is 4.72 Å². The first-order valence-electron chi connectivity index (χ1n) is 10.4. The van der Waals surface area contributed by atoms with Crippen LogP contribution in [0, 0.1) is 5.92 Å². The summed E-state index contributed by atoms with van der Waals surface area (Å²) in [6.45, 7) is 4.42. The maximum absolute atomic E-state index is 12.1. The molecule has 2 aliphatic rings. The van der Waals surface area contributed by atoms with Crippen molar-refractivity contribution >= 4 is 15.7 Å². The fraction of sp³-hybridized carbons (Fsp3) is 0.478. The molecule has 5 heteroatoms. The summed E-state index contributed by atoms with van der Waals surface area (Å²) >= 11 is 0. The van der Waals surface area contributed by atoms with Crippen molar-refractivity contribution in [2.24, 2.45) is 5.92 Å². The molecule has 4 rings (SSSR count). The van der Waals surface area contributed by atoms with Gasteiger partial charge in [0.2, 0.25) is 10.0 Å². The Kier molecular flexibility index (Phi) is 5.48. The largest absolute Gasteiger partial charge is 0.385 e. The second-order valence-electron chi connectivity index (χ2n) is 8.48. The zero-order valence-electron chi connectivity index (χ0n) is 16.7. The molecule has 0 saturated heterocycles. The number of hydrogen-bond donors (Lipinski definition) is 2. The van der Waals surface area contributed by atoms with E-state index in [9.17, 15) is 8.42 Å². The van der Waals surface area contributed by atoms with Gasteiger partial charge in [-0.25, -0.2) is 13.1 Å². The number of benzene rings is 2. The van der Waals surface area contributed by atoms with E-state index in [0.717, 1.165) is 38.6 Å². The highest BCUT2D eigenvalue weighted by atomic mass is 32.2. The summed E-state index contributed by atoms with van der Waals surface area (Å²) in [4.78, 5) is 0. The average Bonchev–Trinajstić information content (AvgIpc) is 3.06. The lowest BCUT2D eigenvalue weighted by atomic mass is 9.86. The zero-order chi connectivity index (χ0) is 19.7. The van der Waals surface area contributed by atoms with E-state index in [4.69, 9.17) is 0 Å². The molecule has 0 amide bonds. The molecular weight excluding hydrogens is 368 g/mol. The van der Waals surface area contributed by atoms with Crippen LogP contribution >= 0.6 is 0 Å². The molecule has 0 aliphatic heterocycles. The van der Waals surface area contributed by atoms with Crippen LogP contribution in [0.3, 0.4) is 0 Å². The SMILES string of the molecule is CC(C)S(=O)(=O)NC1CCC(CNc2cccc3c2Cc2ccccc2-3)CC1. The highest BCUT2D eigenvalue weighted by Crippen LogP contribution is 2.40. The highest BCUT2D eigenvalue weighted by Gasteiger charge is 2.27. The van der Waals surface area contributed by atoms with E-state index in [-0.39, 0.29) is 11.3 Å². The first kappa shape index (κ1) is 19.5. The fourth-order valence-corrected chi connectivity index (χ4v) is 5.40. The van der Waals surface area contributed by atoms with Crippen molar-refractivity contribution in [1.29, 1.82) is 0 Å². The number of nitrogens with one attached hydrogen (secondary N) is 2. The average molecular weight is 399 g/mol. The maximum Gasteiger partial charge on any atom is 0.214 e. The lowest BCUT2D eigenvalue weighted by Crippen LogP contribution is -2.41. The molecule has 0 atom stereocenters. The predicted molar refractivity (Wildman–Crippen MR) is 116 cm³/mol. The number of fused-ring (bicyclic) bond motifs is 3. The minimum Gasteiger partial charge on any atom is -0.385 e. The summed E-state index contributed by atoms with van der Waals surface area (Å²) in [5.74, 6) is 0.597. The van der Waals surface area contributed by atoms with Crippen molar-refractivity contribution in [3.63, 3.8) is 0 Å². The van der Waals surface area contributed by atoms with E-state index in [1.54, 1.807) is 13.8 Å². The van der Waals surface area contributed by atoms with Gasteiger partial charge in [-0.05, 0) is 73.8 Å². The molecule has 4 nitrogen and oxygen atoms in total. The van der Waals surface area contributed by atoms with Crippen molar-refractivity contribution in [3.05, 3.63) is 53.6 Å². The Bertz CT molecular complexity index is 945. The van der Waals surface area contributed by atoms with Gasteiger partial charge in [0.1, 0.15) is 0 Å². The molecule has 2 aromatic carbocycles. The van der Waals surface area contributed by atoms with Gasteiger partial charge in [0.05, 0.1) is 5.25 Å². The van der Waals surface area contributed by atoms with Gasteiger partial charge in [0.15, 0.2) is 0 Å². The van der Waals surface area contributed by atoms with Gasteiger partial charge in [-0.15, -0.1) is 0 Å². The fourth-order valence-electron chi connectivity index (χ4n) is 4.43. The van der Waals surface area contributed by atoms with Gasteiger partial charge in [-0.1, -0.05) is 36.4 Å². The third kappa shape index (κ3) is 3.96. The molecule has 2 N–H and O–H groups in total. The second kappa shape index (κ2) is 7.88. The Labute approximate surface area is 168 Å². The molecule has 2 aromatic rings. The van der Waals surface area contributed by atoms with E-state index in [0.29, 0.717) is 5.92 Å². The molecule has 150 valence electrons. The molecule has 0 spiro atoms. The van der Waals surface area contributed by atoms with E-state index >= 15 is 0 Å². The van der Waals surface area contributed by atoms with E-state index in [1.165, 1.54) is 27.9 Å². The minimum atomic E-state index is -3.17. The Hall–Kier alpha value is -1.85. The Morgan fingerprint density at radius 1 is 0.964 bits per heavy atom. The first-order valence-corrected chi connectivity index (χ1v) is 11.9. The summed E-state index contributed by atoms with van der Waals surface area (Å²) in [7, 11) is -3.17. The third-order valence-corrected chi connectivity index (χ3v) is 8.13. The van der Waals surface area contributed by atoms with Crippen LogP contribution in [0.1, 0.15) is 50.7 Å². The van der Waals surface area contributed by atoms with Crippen LogP contribution in [0.2, 0.25) is 0 Å². The Balaban J connectivity index is 1.34. The van der Waals surface area contributed by atoms with Gasteiger partial charge in [0, 0.05) is 24.7 Å². The summed E-state index contributed by atoms with van der Waals surface area (Å²) in [6.07, 6.45) is 4.98. The molecule has 0 radical (unpaired) electrons. The molecule has 28 heavy (non-hydrogen) atoms. The van der Waals surface area contributed by atoms with Crippen molar-refractivity contribution in [3.8, 4) is 11.1 Å².